The van der Waals surface area contributed by atoms with Crippen LogP contribution in [0, 0.1) is 0 Å². The first kappa shape index (κ1) is 48.5. The van der Waals surface area contributed by atoms with Crippen LogP contribution in [0.25, 0.3) is 28.7 Å². The number of aliphatic hydroxyl groups is 10. The number of hydrogen-bond acceptors (Lipinski definition) is 23. The number of fused-ring (bicyclic) bond motifs is 1. The van der Waals surface area contributed by atoms with Gasteiger partial charge < -0.3 is 104 Å². The third-order valence-corrected chi connectivity index (χ3v) is 11.0. The number of hydrogen-bond donors (Lipinski definition) is 12. The van der Waals surface area contributed by atoms with Crippen LogP contribution in [0.5, 0.6) is 28.7 Å². The molecule has 12 N–H and O–H groups in total. The second-order valence-corrected chi connectivity index (χ2v) is 15.5. The second-order valence-electron chi connectivity index (χ2n) is 15.5. The molecule has 3 fully saturated rings. The molecule has 23 nitrogen and oxygen atoms in total. The third-order valence-electron chi connectivity index (χ3n) is 11.0. The van der Waals surface area contributed by atoms with Crippen LogP contribution in [0.4, 0.5) is 0 Å². The van der Waals surface area contributed by atoms with E-state index >= 15 is 0 Å². The molecule has 0 saturated carbocycles. The van der Waals surface area contributed by atoms with Crippen molar-refractivity contribution in [3.63, 3.8) is 0 Å². The standard InChI is InChI=1S/C43H48O23/c1-58-25-10-17(2-8-22(25)48)3-9-30(49)59-16-29-33(52)36(55)40(66-42-38(57)35(54)32(51)28(15-45)64-42)43(65-29)62-26-13-21-23(60-39(26)18-4-6-19(46)7-5-18)11-20(47)12-24(21)61-41-37(56)34(53)31(50)27(14-44)63-41/h2-13,27-29,31-38,40-46,48,50-57H,14-16H2,1H3/t27-,28-,29-,31-,32-,33-,34+,35+,36+,37-,38-,40-,41-,42+,43-/m1/s1. The molecule has 0 spiro atoms. The van der Waals surface area contributed by atoms with E-state index in [0.717, 1.165) is 18.2 Å². The molecule has 3 saturated heterocycles. The average molecular weight is 933 g/mol. The van der Waals surface area contributed by atoms with Crippen molar-refractivity contribution < 1.29 is 108 Å². The number of aliphatic hydroxyl groups excluding tert-OH is 10. The van der Waals surface area contributed by atoms with E-state index in [1.807, 2.05) is 0 Å². The van der Waals surface area contributed by atoms with E-state index in [4.69, 9.17) is 42.3 Å². The van der Waals surface area contributed by atoms with Crippen LogP contribution in [0.15, 0.2) is 76.0 Å². The van der Waals surface area contributed by atoms with E-state index in [1.54, 1.807) is 0 Å². The Bertz CT molecular complexity index is 2330. The van der Waals surface area contributed by atoms with Gasteiger partial charge in [-0.2, -0.15) is 0 Å². The molecule has 2 aromatic rings. The summed E-state index contributed by atoms with van der Waals surface area (Å²) in [7, 11) is 1.34. The lowest BCUT2D eigenvalue weighted by Crippen LogP contribution is -2.65. The maximum Gasteiger partial charge on any atom is 0.330 e. The van der Waals surface area contributed by atoms with Gasteiger partial charge in [0.15, 0.2) is 40.8 Å². The highest BCUT2D eigenvalue weighted by Crippen LogP contribution is 2.43. The molecule has 358 valence electrons. The number of carbonyl (C=O) groups excluding carboxylic acids is 1. The highest BCUT2D eigenvalue weighted by molar-refractivity contribution is 5.87. The first-order valence-corrected chi connectivity index (χ1v) is 20.3. The molecule has 0 unspecified atom stereocenters. The Labute approximate surface area is 372 Å². The zero-order valence-electron chi connectivity index (χ0n) is 34.6. The average Bonchev–Trinajstić information content (AvgIpc) is 3.30. The van der Waals surface area contributed by atoms with Crippen molar-refractivity contribution in [3.8, 4) is 51.4 Å². The van der Waals surface area contributed by atoms with Crippen LogP contribution in [0.2, 0.25) is 0 Å². The lowest BCUT2D eigenvalue weighted by Gasteiger charge is -2.46. The summed E-state index contributed by atoms with van der Waals surface area (Å²) in [5.41, 5.74) is -0.128. The third kappa shape index (κ3) is 10.2. The number of rotatable bonds is 14. The van der Waals surface area contributed by atoms with Gasteiger partial charge in [-0.25, -0.2) is 4.79 Å². The number of ether oxygens (including phenoxy) is 8. The lowest BCUT2D eigenvalue weighted by atomic mass is 9.97. The van der Waals surface area contributed by atoms with Gasteiger partial charge in [0.2, 0.25) is 12.6 Å². The first-order valence-electron chi connectivity index (χ1n) is 20.3. The Morgan fingerprint density at radius 2 is 1.26 bits per heavy atom. The highest BCUT2D eigenvalue weighted by Gasteiger charge is 2.52. The molecule has 0 amide bonds. The number of esters is 1. The monoisotopic (exact) mass is 932 g/mol. The molecule has 66 heavy (non-hydrogen) atoms. The number of aromatic hydroxyl groups is 2. The van der Waals surface area contributed by atoms with Gasteiger partial charge in [-0.05, 0) is 54.1 Å². The van der Waals surface area contributed by atoms with Gasteiger partial charge in [0.05, 0.1) is 25.9 Å². The molecule has 5 aliphatic rings. The fourth-order valence-electron chi connectivity index (χ4n) is 7.37. The van der Waals surface area contributed by atoms with Crippen LogP contribution < -0.4 is 19.6 Å². The fourth-order valence-corrected chi connectivity index (χ4v) is 7.37. The molecule has 7 rings (SSSR count). The summed E-state index contributed by atoms with van der Waals surface area (Å²) < 4.78 is 51.8. The van der Waals surface area contributed by atoms with Crippen molar-refractivity contribution in [2.24, 2.45) is 0 Å². The molecule has 4 heterocycles. The van der Waals surface area contributed by atoms with Crippen molar-refractivity contribution in [1.82, 2.24) is 0 Å². The predicted molar refractivity (Wildman–Crippen MR) is 218 cm³/mol. The largest absolute Gasteiger partial charge is 0.508 e. The highest BCUT2D eigenvalue weighted by atomic mass is 16.8. The topological polar surface area (TPSA) is 364 Å². The lowest BCUT2D eigenvalue weighted by molar-refractivity contribution is -0.357. The van der Waals surface area contributed by atoms with Gasteiger partial charge in [-0.15, -0.1) is 0 Å². The molecule has 15 atom stereocenters. The predicted octanol–water partition coefficient (Wildman–Crippen LogP) is -2.72. The smallest absolute Gasteiger partial charge is 0.330 e. The SMILES string of the molecule is COc1cc(C=CC(=O)OC[C@H]2O[C@@H](Oc3cc4c(O[C@@H]5O[C@H](CO)[C@@H](O)[C@H](O)[C@H]5O)cc(=O)cc-4oc3-c3ccc(O)cc3)[C@H](O[C@@H]3O[C@H](CO)[C@@H](O)[C@H](O)[C@H]3O)[C@@H](O)[C@@H]2O)ccc1O. The molecule has 2 aromatic carbocycles. The van der Waals surface area contributed by atoms with Crippen LogP contribution in [0.1, 0.15) is 5.56 Å². The molecule has 1 aliphatic carbocycles. The minimum Gasteiger partial charge on any atom is -0.508 e. The summed E-state index contributed by atoms with van der Waals surface area (Å²) in [5.74, 6) is -2.13. The summed E-state index contributed by atoms with van der Waals surface area (Å²) in [5, 5.41) is 126. The Balaban J connectivity index is 1.25. The van der Waals surface area contributed by atoms with Gasteiger partial charge >= 0.3 is 5.97 Å². The van der Waals surface area contributed by atoms with E-state index in [9.17, 15) is 70.9 Å². The van der Waals surface area contributed by atoms with Crippen molar-refractivity contribution in [2.45, 2.75) is 92.1 Å². The molecule has 0 bridgehead atoms. The van der Waals surface area contributed by atoms with E-state index in [-0.39, 0.29) is 51.4 Å². The van der Waals surface area contributed by atoms with Gasteiger partial charge in [-0.1, -0.05) is 6.07 Å². The van der Waals surface area contributed by atoms with E-state index in [1.165, 1.54) is 61.7 Å². The second kappa shape index (κ2) is 20.6. The van der Waals surface area contributed by atoms with Crippen molar-refractivity contribution >= 4 is 12.0 Å². The van der Waals surface area contributed by atoms with E-state index in [2.05, 4.69) is 0 Å². The minimum absolute atomic E-state index is 0.0737. The minimum atomic E-state index is -2.05. The maximum absolute atomic E-state index is 13.0. The number of benzene rings is 3. The first-order chi connectivity index (χ1) is 31.5. The normalized spacial score (nSPS) is 32.6. The molecular formula is C43H48O23. The Morgan fingerprint density at radius 3 is 1.91 bits per heavy atom. The summed E-state index contributed by atoms with van der Waals surface area (Å²) in [6.45, 7) is -2.38. The number of carbonyl (C=O) groups is 1. The van der Waals surface area contributed by atoms with Crippen LogP contribution >= 0.6 is 0 Å². The maximum atomic E-state index is 13.0. The molecule has 0 radical (unpaired) electrons. The van der Waals surface area contributed by atoms with E-state index < -0.39 is 123 Å². The Kier molecular flexibility index (Phi) is 15.1. The van der Waals surface area contributed by atoms with Gasteiger partial charge in [0.25, 0.3) is 0 Å². The van der Waals surface area contributed by atoms with Crippen molar-refractivity contribution in [3.05, 3.63) is 82.5 Å². The van der Waals surface area contributed by atoms with E-state index in [0.29, 0.717) is 5.56 Å². The molecule has 0 aromatic heterocycles. The van der Waals surface area contributed by atoms with Gasteiger partial charge in [0, 0.05) is 23.8 Å². The Morgan fingerprint density at radius 1 is 0.652 bits per heavy atom. The van der Waals surface area contributed by atoms with Gasteiger partial charge in [0.1, 0.15) is 91.0 Å². The summed E-state index contributed by atoms with van der Waals surface area (Å²) in [6, 6.07) is 12.9. The molecule has 4 aliphatic heterocycles. The van der Waals surface area contributed by atoms with Crippen LogP contribution in [-0.4, -0.2) is 186 Å². The summed E-state index contributed by atoms with van der Waals surface area (Å²) >= 11 is 0. The Hall–Kier alpha value is -5.48. The number of phenols is 2. The zero-order chi connectivity index (χ0) is 47.6. The quantitative estimate of drug-likeness (QED) is 0.0451. The summed E-state index contributed by atoms with van der Waals surface area (Å²) in [4.78, 5) is 25.9. The fraction of sp³-hybridized carbons (Fsp3) is 0.442. The molecular weight excluding hydrogens is 884 g/mol. The van der Waals surface area contributed by atoms with Crippen molar-refractivity contribution in [1.29, 1.82) is 0 Å². The zero-order valence-corrected chi connectivity index (χ0v) is 34.6. The number of methoxy groups -OCH3 is 1. The van der Waals surface area contributed by atoms with Crippen molar-refractivity contribution in [2.75, 3.05) is 26.9 Å². The van der Waals surface area contributed by atoms with Gasteiger partial charge in [-0.3, -0.25) is 4.79 Å². The van der Waals surface area contributed by atoms with Crippen LogP contribution in [-0.2, 0) is 28.5 Å². The summed E-state index contributed by atoms with van der Waals surface area (Å²) in [6.07, 6.45) is -24.9. The molecule has 23 heteroatoms. The number of phenolic OH excluding ortho intramolecular Hbond substituents is 2. The van der Waals surface area contributed by atoms with Crippen LogP contribution in [0.3, 0.4) is 0 Å².